The number of nitrogens with zero attached hydrogens (tertiary/aromatic N) is 1. The zero-order chi connectivity index (χ0) is 11.7. The number of nitrogens with one attached hydrogen (secondary N) is 1. The molecule has 0 saturated carbocycles. The third kappa shape index (κ3) is 6.08. The predicted octanol–water partition coefficient (Wildman–Crippen LogP) is 1.06. The van der Waals surface area contributed by atoms with Crippen molar-refractivity contribution in [3.05, 3.63) is 0 Å². The highest BCUT2D eigenvalue weighted by atomic mass is 16.3. The number of carbonyl (C=O) groups excluding carboxylic acids is 1. The Hall–Kier alpha value is -1.08. The standard InChI is InChI=1S/C11H20N2O2/c1-3-4-10(5-6-14)8-13-11(15)9(2)7-12/h9-10,14H,3-6,8H2,1-2H3,(H,13,15). The number of carbonyl (C=O) groups is 1. The summed E-state index contributed by atoms with van der Waals surface area (Å²) in [5.41, 5.74) is 0. The van der Waals surface area contributed by atoms with E-state index in [4.69, 9.17) is 10.4 Å². The van der Waals surface area contributed by atoms with Crippen molar-refractivity contribution in [1.82, 2.24) is 5.32 Å². The van der Waals surface area contributed by atoms with Crippen LogP contribution in [0.5, 0.6) is 0 Å². The lowest BCUT2D eigenvalue weighted by Gasteiger charge is -2.15. The van der Waals surface area contributed by atoms with Gasteiger partial charge >= 0.3 is 0 Å². The van der Waals surface area contributed by atoms with Crippen LogP contribution >= 0.6 is 0 Å². The predicted molar refractivity (Wildman–Crippen MR) is 57.9 cm³/mol. The second-order valence-electron chi connectivity index (χ2n) is 3.76. The zero-order valence-electron chi connectivity index (χ0n) is 9.49. The van der Waals surface area contributed by atoms with Crippen LogP contribution in [0.3, 0.4) is 0 Å². The van der Waals surface area contributed by atoms with Crippen LogP contribution in [0.4, 0.5) is 0 Å². The molecule has 2 unspecified atom stereocenters. The Morgan fingerprint density at radius 3 is 2.67 bits per heavy atom. The van der Waals surface area contributed by atoms with Crippen LogP contribution in [0.2, 0.25) is 0 Å². The first-order chi connectivity index (χ1) is 7.15. The second kappa shape index (κ2) is 8.25. The summed E-state index contributed by atoms with van der Waals surface area (Å²) in [6, 6.07) is 1.89. The molecule has 0 aliphatic heterocycles. The van der Waals surface area contributed by atoms with Crippen LogP contribution in [0, 0.1) is 23.2 Å². The maximum atomic E-state index is 11.3. The summed E-state index contributed by atoms with van der Waals surface area (Å²) in [6.45, 7) is 4.36. The number of hydrogen-bond acceptors (Lipinski definition) is 3. The Kier molecular flexibility index (Phi) is 7.65. The summed E-state index contributed by atoms with van der Waals surface area (Å²) in [4.78, 5) is 11.3. The van der Waals surface area contributed by atoms with E-state index in [1.807, 2.05) is 6.07 Å². The van der Waals surface area contributed by atoms with Crippen LogP contribution in [0.1, 0.15) is 33.1 Å². The van der Waals surface area contributed by atoms with E-state index in [1.54, 1.807) is 6.92 Å². The summed E-state index contributed by atoms with van der Waals surface area (Å²) in [6.07, 6.45) is 2.73. The number of aliphatic hydroxyl groups excluding tert-OH is 1. The van der Waals surface area contributed by atoms with Crippen molar-refractivity contribution in [2.24, 2.45) is 11.8 Å². The molecule has 86 valence electrons. The van der Waals surface area contributed by atoms with Crippen LogP contribution in [-0.4, -0.2) is 24.2 Å². The monoisotopic (exact) mass is 212 g/mol. The minimum atomic E-state index is -0.596. The van der Waals surface area contributed by atoms with Gasteiger partial charge in [-0.1, -0.05) is 13.3 Å². The lowest BCUT2D eigenvalue weighted by atomic mass is 10.00. The largest absolute Gasteiger partial charge is 0.396 e. The molecule has 0 saturated heterocycles. The number of amides is 1. The third-order valence-corrected chi connectivity index (χ3v) is 2.39. The number of hydrogen-bond donors (Lipinski definition) is 2. The van der Waals surface area contributed by atoms with Crippen molar-refractivity contribution >= 4 is 5.91 Å². The van der Waals surface area contributed by atoms with Gasteiger partial charge in [-0.05, 0) is 25.7 Å². The molecule has 4 nitrogen and oxygen atoms in total. The van der Waals surface area contributed by atoms with Crippen molar-refractivity contribution in [1.29, 1.82) is 5.26 Å². The van der Waals surface area contributed by atoms with E-state index in [0.29, 0.717) is 18.9 Å². The number of rotatable bonds is 7. The maximum absolute atomic E-state index is 11.3. The van der Waals surface area contributed by atoms with E-state index in [9.17, 15) is 4.79 Å². The molecule has 0 aromatic rings. The van der Waals surface area contributed by atoms with Crippen LogP contribution in [-0.2, 0) is 4.79 Å². The molecule has 0 fully saturated rings. The van der Waals surface area contributed by atoms with E-state index >= 15 is 0 Å². The molecule has 0 bridgehead atoms. The molecule has 1 amide bonds. The van der Waals surface area contributed by atoms with Crippen molar-refractivity contribution in [3.63, 3.8) is 0 Å². The maximum Gasteiger partial charge on any atom is 0.237 e. The Morgan fingerprint density at radius 2 is 2.20 bits per heavy atom. The normalized spacial score (nSPS) is 14.0. The fourth-order valence-electron chi connectivity index (χ4n) is 1.40. The molecule has 4 heteroatoms. The van der Waals surface area contributed by atoms with Crippen LogP contribution in [0.15, 0.2) is 0 Å². The Labute approximate surface area is 91.3 Å². The number of nitriles is 1. The van der Waals surface area contributed by atoms with Gasteiger partial charge in [0.05, 0.1) is 6.07 Å². The van der Waals surface area contributed by atoms with E-state index in [0.717, 1.165) is 12.8 Å². The fourth-order valence-corrected chi connectivity index (χ4v) is 1.40. The molecule has 0 aliphatic carbocycles. The van der Waals surface area contributed by atoms with Gasteiger partial charge in [0.1, 0.15) is 5.92 Å². The summed E-state index contributed by atoms with van der Waals surface area (Å²) >= 11 is 0. The topological polar surface area (TPSA) is 73.1 Å². The van der Waals surface area contributed by atoms with Gasteiger partial charge in [0.25, 0.3) is 0 Å². The van der Waals surface area contributed by atoms with Crippen LogP contribution in [0.25, 0.3) is 0 Å². The van der Waals surface area contributed by atoms with Gasteiger partial charge in [-0.25, -0.2) is 0 Å². The summed E-state index contributed by atoms with van der Waals surface area (Å²) in [5.74, 6) is -0.507. The van der Waals surface area contributed by atoms with Crippen LogP contribution < -0.4 is 5.32 Å². The van der Waals surface area contributed by atoms with Gasteiger partial charge in [-0.2, -0.15) is 5.26 Å². The van der Waals surface area contributed by atoms with Crippen molar-refractivity contribution in [2.75, 3.05) is 13.2 Å². The van der Waals surface area contributed by atoms with Crippen molar-refractivity contribution in [2.45, 2.75) is 33.1 Å². The molecule has 0 radical (unpaired) electrons. The number of aliphatic hydroxyl groups is 1. The van der Waals surface area contributed by atoms with Gasteiger partial charge in [0.15, 0.2) is 0 Å². The lowest BCUT2D eigenvalue weighted by Crippen LogP contribution is -2.33. The Morgan fingerprint density at radius 1 is 1.53 bits per heavy atom. The molecular weight excluding hydrogens is 192 g/mol. The van der Waals surface area contributed by atoms with E-state index < -0.39 is 5.92 Å². The Balaban J connectivity index is 3.88. The average Bonchev–Trinajstić information content (AvgIpc) is 2.25. The molecule has 0 aliphatic rings. The minimum Gasteiger partial charge on any atom is -0.396 e. The Bertz CT molecular complexity index is 217. The molecule has 2 N–H and O–H groups in total. The molecular formula is C11H20N2O2. The molecule has 0 aromatic heterocycles. The van der Waals surface area contributed by atoms with E-state index in [2.05, 4.69) is 12.2 Å². The van der Waals surface area contributed by atoms with Crippen molar-refractivity contribution < 1.29 is 9.90 Å². The highest BCUT2D eigenvalue weighted by Crippen LogP contribution is 2.09. The van der Waals surface area contributed by atoms with Crippen molar-refractivity contribution in [3.8, 4) is 6.07 Å². The quantitative estimate of drug-likeness (QED) is 0.662. The smallest absolute Gasteiger partial charge is 0.237 e. The fraction of sp³-hybridized carbons (Fsp3) is 0.818. The highest BCUT2D eigenvalue weighted by molar-refractivity contribution is 5.80. The first-order valence-corrected chi connectivity index (χ1v) is 5.43. The summed E-state index contributed by atoms with van der Waals surface area (Å²) in [7, 11) is 0. The average molecular weight is 212 g/mol. The van der Waals surface area contributed by atoms with E-state index in [1.165, 1.54) is 0 Å². The second-order valence-corrected chi connectivity index (χ2v) is 3.76. The summed E-state index contributed by atoms with van der Waals surface area (Å²) in [5, 5.41) is 20.1. The molecule has 0 heterocycles. The molecule has 0 spiro atoms. The van der Waals surface area contributed by atoms with Gasteiger partial charge in [0.2, 0.25) is 5.91 Å². The van der Waals surface area contributed by atoms with Gasteiger partial charge < -0.3 is 10.4 Å². The van der Waals surface area contributed by atoms with Gasteiger partial charge in [0, 0.05) is 13.2 Å². The molecule has 0 rings (SSSR count). The highest BCUT2D eigenvalue weighted by Gasteiger charge is 2.13. The molecule has 15 heavy (non-hydrogen) atoms. The van der Waals surface area contributed by atoms with Gasteiger partial charge in [-0.3, -0.25) is 4.79 Å². The summed E-state index contributed by atoms with van der Waals surface area (Å²) < 4.78 is 0. The molecule has 2 atom stereocenters. The third-order valence-electron chi connectivity index (χ3n) is 2.39. The minimum absolute atomic E-state index is 0.147. The lowest BCUT2D eigenvalue weighted by molar-refractivity contribution is -0.123. The van der Waals surface area contributed by atoms with E-state index in [-0.39, 0.29) is 12.5 Å². The first kappa shape index (κ1) is 13.9. The SMILES string of the molecule is CCCC(CCO)CNC(=O)C(C)C#N. The first-order valence-electron chi connectivity index (χ1n) is 5.43. The van der Waals surface area contributed by atoms with Gasteiger partial charge in [-0.15, -0.1) is 0 Å². The zero-order valence-corrected chi connectivity index (χ0v) is 9.49. The molecule has 0 aromatic carbocycles.